The van der Waals surface area contributed by atoms with E-state index in [1.807, 2.05) is 13.8 Å². The van der Waals surface area contributed by atoms with Gasteiger partial charge in [-0.2, -0.15) is 0 Å². The summed E-state index contributed by atoms with van der Waals surface area (Å²) in [6.07, 6.45) is 1.85. The summed E-state index contributed by atoms with van der Waals surface area (Å²) in [4.78, 5) is 22.6. The molecule has 0 atom stereocenters. The van der Waals surface area contributed by atoms with E-state index >= 15 is 0 Å². The van der Waals surface area contributed by atoms with E-state index in [4.69, 9.17) is 18.0 Å². The molecule has 0 aromatic rings. The third-order valence-electron chi connectivity index (χ3n) is 3.57. The number of carbonyl (C=O) groups excluding carboxylic acids is 2. The molecule has 0 unspecified atom stereocenters. The normalized spacial score (nSPS) is 11.7. The van der Waals surface area contributed by atoms with Crippen LogP contribution in [0.25, 0.3) is 0 Å². The first-order valence-electron chi connectivity index (χ1n) is 7.70. The van der Waals surface area contributed by atoms with Crippen molar-refractivity contribution in [2.45, 2.75) is 26.3 Å². The van der Waals surface area contributed by atoms with E-state index in [1.54, 1.807) is 21.3 Å². The molecule has 0 aliphatic carbocycles. The quantitative estimate of drug-likeness (QED) is 0.235. The molecule has 0 spiro atoms. The number of ether oxygens (including phenoxy) is 1. The number of rotatable bonds is 12. The molecule has 2 N–H and O–H groups in total. The van der Waals surface area contributed by atoms with Gasteiger partial charge in [0.1, 0.15) is 6.61 Å². The van der Waals surface area contributed by atoms with Crippen LogP contribution in [0.1, 0.15) is 20.3 Å². The summed E-state index contributed by atoms with van der Waals surface area (Å²) >= 11 is 0. The van der Waals surface area contributed by atoms with Crippen molar-refractivity contribution in [1.82, 2.24) is 10.6 Å². The van der Waals surface area contributed by atoms with Gasteiger partial charge in [-0.25, -0.2) is 9.59 Å². The largest absolute Gasteiger partial charge is 0.500 e. The SMILES string of the molecule is C=CC(=O)OCCNC(=O)NCC(C)(C)CC[Si](OC)(OC)OC. The number of carbonyl (C=O) groups is 2. The third kappa shape index (κ3) is 9.01. The van der Waals surface area contributed by atoms with Gasteiger partial charge in [0.05, 0.1) is 6.54 Å². The molecule has 0 saturated carbocycles. The fraction of sp³-hybridized carbons (Fsp3) is 0.733. The summed E-state index contributed by atoms with van der Waals surface area (Å²) in [5.41, 5.74) is -0.152. The van der Waals surface area contributed by atoms with E-state index in [0.717, 1.165) is 12.5 Å². The lowest BCUT2D eigenvalue weighted by Gasteiger charge is -2.30. The fourth-order valence-electron chi connectivity index (χ4n) is 1.89. The Bertz CT molecular complexity index is 405. The van der Waals surface area contributed by atoms with Crippen molar-refractivity contribution in [2.75, 3.05) is 41.0 Å². The molecule has 0 radical (unpaired) electrons. The molecule has 140 valence electrons. The van der Waals surface area contributed by atoms with Crippen LogP contribution in [0.2, 0.25) is 6.04 Å². The first kappa shape index (κ1) is 22.6. The summed E-state index contributed by atoms with van der Waals surface area (Å²) in [7, 11) is 2.13. The van der Waals surface area contributed by atoms with E-state index in [9.17, 15) is 9.59 Å². The van der Waals surface area contributed by atoms with Crippen LogP contribution >= 0.6 is 0 Å². The summed E-state index contributed by atoms with van der Waals surface area (Å²) in [6.45, 7) is 8.18. The highest BCUT2D eigenvalue weighted by Gasteiger charge is 2.39. The van der Waals surface area contributed by atoms with Crippen molar-refractivity contribution >= 4 is 20.8 Å². The maximum atomic E-state index is 11.7. The smallest absolute Gasteiger partial charge is 0.461 e. The van der Waals surface area contributed by atoms with Gasteiger partial charge in [0.15, 0.2) is 0 Å². The first-order valence-corrected chi connectivity index (χ1v) is 9.63. The van der Waals surface area contributed by atoms with Crippen LogP contribution in [-0.2, 0) is 22.8 Å². The maximum Gasteiger partial charge on any atom is 0.500 e. The topological polar surface area (TPSA) is 95.1 Å². The monoisotopic (exact) mass is 362 g/mol. The van der Waals surface area contributed by atoms with E-state index in [0.29, 0.717) is 12.6 Å². The van der Waals surface area contributed by atoms with Gasteiger partial charge >= 0.3 is 20.8 Å². The summed E-state index contributed by atoms with van der Waals surface area (Å²) in [5, 5.41) is 5.41. The van der Waals surface area contributed by atoms with E-state index in [1.165, 1.54) is 0 Å². The Morgan fingerprint density at radius 1 is 1.12 bits per heavy atom. The van der Waals surface area contributed by atoms with Gasteiger partial charge in [-0.3, -0.25) is 0 Å². The average molecular weight is 362 g/mol. The molecule has 0 fully saturated rings. The predicted molar refractivity (Wildman–Crippen MR) is 92.5 cm³/mol. The molecule has 0 saturated heterocycles. The highest BCUT2D eigenvalue weighted by molar-refractivity contribution is 6.60. The zero-order valence-electron chi connectivity index (χ0n) is 15.3. The molecule has 24 heavy (non-hydrogen) atoms. The lowest BCUT2D eigenvalue weighted by atomic mass is 9.90. The van der Waals surface area contributed by atoms with Crippen molar-refractivity contribution in [3.8, 4) is 0 Å². The summed E-state index contributed by atoms with van der Waals surface area (Å²) in [5.74, 6) is -0.513. The van der Waals surface area contributed by atoms with Crippen LogP contribution in [0.15, 0.2) is 12.7 Å². The molecule has 0 rings (SSSR count). The van der Waals surface area contributed by atoms with Gasteiger partial charge in [-0.05, 0) is 11.8 Å². The fourth-order valence-corrected chi connectivity index (χ4v) is 3.99. The Balaban J connectivity index is 4.11. The second-order valence-electron chi connectivity index (χ2n) is 5.94. The van der Waals surface area contributed by atoms with Crippen LogP contribution in [0.5, 0.6) is 0 Å². The second-order valence-corrected chi connectivity index (χ2v) is 9.03. The second kappa shape index (κ2) is 11.2. The lowest BCUT2D eigenvalue weighted by Crippen LogP contribution is -2.45. The number of hydrogen-bond acceptors (Lipinski definition) is 6. The summed E-state index contributed by atoms with van der Waals surface area (Å²) in [6, 6.07) is 0.344. The third-order valence-corrected chi connectivity index (χ3v) is 6.30. The molecule has 8 nitrogen and oxygen atoms in total. The minimum Gasteiger partial charge on any atom is -0.461 e. The van der Waals surface area contributed by atoms with Crippen molar-refractivity contribution in [2.24, 2.45) is 5.41 Å². The number of urea groups is 1. The van der Waals surface area contributed by atoms with Crippen molar-refractivity contribution in [3.05, 3.63) is 12.7 Å². The molecular weight excluding hydrogens is 332 g/mol. The Hall–Kier alpha value is -1.42. The van der Waals surface area contributed by atoms with E-state index in [-0.39, 0.29) is 24.6 Å². The Morgan fingerprint density at radius 2 is 1.71 bits per heavy atom. The number of esters is 1. The van der Waals surface area contributed by atoms with Gasteiger partial charge in [-0.1, -0.05) is 20.4 Å². The summed E-state index contributed by atoms with van der Waals surface area (Å²) < 4.78 is 21.0. The lowest BCUT2D eigenvalue weighted by molar-refractivity contribution is -0.137. The molecular formula is C15H30N2O6Si. The van der Waals surface area contributed by atoms with Crippen molar-refractivity contribution in [3.63, 3.8) is 0 Å². The van der Waals surface area contributed by atoms with E-state index in [2.05, 4.69) is 17.2 Å². The molecule has 0 bridgehead atoms. The molecule has 0 heterocycles. The molecule has 0 aliphatic heterocycles. The average Bonchev–Trinajstić information content (AvgIpc) is 2.58. The van der Waals surface area contributed by atoms with Gasteiger partial charge < -0.3 is 28.6 Å². The van der Waals surface area contributed by atoms with Crippen molar-refractivity contribution < 1.29 is 27.6 Å². The molecule has 0 aromatic heterocycles. The zero-order chi connectivity index (χ0) is 18.6. The Kier molecular flexibility index (Phi) is 10.5. The number of hydrogen-bond donors (Lipinski definition) is 2. The predicted octanol–water partition coefficient (Wildman–Crippen LogP) is 1.31. The van der Waals surface area contributed by atoms with Gasteiger partial charge in [0, 0.05) is 40.0 Å². The standard InChI is InChI=1S/C15H30N2O6Si/c1-7-13(18)23-10-9-16-14(19)17-12-15(2,3)8-11-24(20-4,21-5)22-6/h7H,1,8-12H2,2-6H3,(H2,16,17,19). The number of amides is 2. The minimum atomic E-state index is -2.61. The Labute approximate surface area is 145 Å². The molecule has 9 heteroatoms. The van der Waals surface area contributed by atoms with Gasteiger partial charge in [-0.15, -0.1) is 0 Å². The van der Waals surface area contributed by atoms with Crippen molar-refractivity contribution in [1.29, 1.82) is 0 Å². The Morgan fingerprint density at radius 3 is 2.21 bits per heavy atom. The van der Waals surface area contributed by atoms with Gasteiger partial charge in [0.2, 0.25) is 0 Å². The van der Waals surface area contributed by atoms with Crippen LogP contribution in [0, 0.1) is 5.41 Å². The zero-order valence-corrected chi connectivity index (χ0v) is 16.3. The molecule has 2 amide bonds. The van der Waals surface area contributed by atoms with Gasteiger partial charge in [0.25, 0.3) is 0 Å². The first-order chi connectivity index (χ1) is 11.2. The van der Waals surface area contributed by atoms with Crippen LogP contribution in [0.3, 0.4) is 0 Å². The molecule has 0 aliphatic rings. The van der Waals surface area contributed by atoms with E-state index < -0.39 is 14.8 Å². The van der Waals surface area contributed by atoms with Crippen LogP contribution in [-0.4, -0.2) is 61.8 Å². The molecule has 0 aromatic carbocycles. The van der Waals surface area contributed by atoms with Crippen LogP contribution in [0.4, 0.5) is 4.79 Å². The highest BCUT2D eigenvalue weighted by Crippen LogP contribution is 2.27. The number of nitrogens with one attached hydrogen (secondary N) is 2. The highest BCUT2D eigenvalue weighted by atomic mass is 28.4. The maximum absolute atomic E-state index is 11.7. The van der Waals surface area contributed by atoms with Crippen LogP contribution < -0.4 is 10.6 Å². The minimum absolute atomic E-state index is 0.102.